The van der Waals surface area contributed by atoms with Crippen LogP contribution in [0.5, 0.6) is 0 Å². The Morgan fingerprint density at radius 2 is 1.22 bits per heavy atom. The van der Waals surface area contributed by atoms with Crippen molar-refractivity contribution >= 4 is 6.29 Å². The minimum atomic E-state index is 0.760. The quantitative estimate of drug-likeness (QED) is 0.289. The molecule has 138 valence electrons. The molecule has 0 unspecified atom stereocenters. The maximum Gasteiger partial charge on any atom is 0.119 e. The van der Waals surface area contributed by atoms with E-state index >= 15 is 0 Å². The second-order valence-corrected chi connectivity index (χ2v) is 7.04. The highest BCUT2D eigenvalue weighted by atomic mass is 16.1. The molecule has 1 fully saturated rings. The fourth-order valence-electron chi connectivity index (χ4n) is 3.10. The molecular weight excluding hydrogens is 282 g/mol. The number of rotatable bonds is 13. The van der Waals surface area contributed by atoms with Gasteiger partial charge in [-0.15, -0.1) is 0 Å². The highest BCUT2D eigenvalue weighted by Gasteiger charge is 2.07. The lowest BCUT2D eigenvalue weighted by Crippen LogP contribution is -2.30. The predicted octanol–water partition coefficient (Wildman–Crippen LogP) is 6.38. The Labute approximate surface area is 146 Å². The second-order valence-electron chi connectivity index (χ2n) is 7.04. The molecule has 0 amide bonds. The van der Waals surface area contributed by atoms with Crippen molar-refractivity contribution in [3.05, 3.63) is 0 Å². The lowest BCUT2D eigenvalue weighted by molar-refractivity contribution is -0.107. The molecule has 0 aromatic rings. The molecule has 0 N–H and O–H groups in total. The van der Waals surface area contributed by atoms with Crippen LogP contribution in [0, 0.1) is 0 Å². The minimum Gasteiger partial charge on any atom is -0.303 e. The lowest BCUT2D eigenvalue weighted by Gasteiger charge is -2.25. The van der Waals surface area contributed by atoms with Crippen LogP contribution >= 0.6 is 0 Å². The van der Waals surface area contributed by atoms with E-state index in [0.29, 0.717) is 0 Å². The summed E-state index contributed by atoms with van der Waals surface area (Å²) in [6.07, 6.45) is 20.8. The second kappa shape index (κ2) is 19.7. The van der Waals surface area contributed by atoms with E-state index in [-0.39, 0.29) is 0 Å². The average molecular weight is 326 g/mol. The van der Waals surface area contributed by atoms with Crippen molar-refractivity contribution in [1.29, 1.82) is 0 Å². The molecule has 2 nitrogen and oxygen atoms in total. The van der Waals surface area contributed by atoms with E-state index in [2.05, 4.69) is 18.7 Å². The van der Waals surface area contributed by atoms with Crippen LogP contribution < -0.4 is 0 Å². The molecule has 0 aromatic carbocycles. The van der Waals surface area contributed by atoms with E-state index in [1.54, 1.807) is 0 Å². The van der Waals surface area contributed by atoms with Crippen LogP contribution in [-0.2, 0) is 4.79 Å². The van der Waals surface area contributed by atoms with Gasteiger partial charge < -0.3 is 9.69 Å². The van der Waals surface area contributed by atoms with Gasteiger partial charge in [-0.3, -0.25) is 0 Å². The first-order valence-electron chi connectivity index (χ1n) is 10.5. The van der Waals surface area contributed by atoms with Crippen LogP contribution in [0.3, 0.4) is 0 Å². The van der Waals surface area contributed by atoms with Crippen LogP contribution in [-0.4, -0.2) is 30.8 Å². The molecule has 0 aromatic heterocycles. The lowest BCUT2D eigenvalue weighted by atomic mass is 10.1. The molecule has 1 heterocycles. The fraction of sp³-hybridized carbons (Fsp3) is 0.952. The molecule has 1 aliphatic rings. The molecule has 1 saturated heterocycles. The Balaban J connectivity index is 0.000000433. The zero-order valence-corrected chi connectivity index (χ0v) is 16.2. The van der Waals surface area contributed by atoms with Crippen LogP contribution in [0.15, 0.2) is 0 Å². The maximum atomic E-state index is 10.0. The van der Waals surface area contributed by atoms with Crippen molar-refractivity contribution in [2.45, 2.75) is 110 Å². The first-order chi connectivity index (χ1) is 11.3. The molecule has 0 spiro atoms. The van der Waals surface area contributed by atoms with E-state index in [0.717, 1.165) is 19.1 Å². The first kappa shape index (κ1) is 22.6. The number of hydrogen-bond acceptors (Lipinski definition) is 2. The third kappa shape index (κ3) is 17.8. The number of carbonyl (C=O) groups excluding carboxylic acids is 1. The number of likely N-dealkylation sites (tertiary alicyclic amines) is 1. The number of aldehydes is 1. The van der Waals surface area contributed by atoms with Crippen molar-refractivity contribution < 1.29 is 4.79 Å². The van der Waals surface area contributed by atoms with Crippen LogP contribution in [0.25, 0.3) is 0 Å². The van der Waals surface area contributed by atoms with E-state index in [1.807, 2.05) is 0 Å². The summed E-state index contributed by atoms with van der Waals surface area (Å²) in [6.45, 7) is 8.58. The zero-order valence-electron chi connectivity index (χ0n) is 16.2. The summed E-state index contributed by atoms with van der Waals surface area (Å²) in [5, 5.41) is 0. The number of unbranched alkanes of at least 4 members (excludes halogenated alkanes) is 10. The third-order valence-electron chi connectivity index (χ3n) is 4.70. The van der Waals surface area contributed by atoms with Gasteiger partial charge >= 0.3 is 0 Å². The summed E-state index contributed by atoms with van der Waals surface area (Å²) in [5.41, 5.74) is 0. The maximum absolute atomic E-state index is 10.0. The Hall–Kier alpha value is -0.370. The Bertz CT molecular complexity index is 224. The zero-order chi connectivity index (χ0) is 17.0. The molecule has 0 radical (unpaired) electrons. The van der Waals surface area contributed by atoms with Crippen molar-refractivity contribution in [3.8, 4) is 0 Å². The van der Waals surface area contributed by atoms with Crippen molar-refractivity contribution in [2.24, 2.45) is 0 Å². The van der Waals surface area contributed by atoms with Gasteiger partial charge in [0.2, 0.25) is 0 Å². The fourth-order valence-corrected chi connectivity index (χ4v) is 3.10. The number of nitrogens with zero attached hydrogens (tertiary/aromatic N) is 1. The SMILES string of the molecule is CCCCCCCCCCCC=O.CCCCN1CCCCC1. The smallest absolute Gasteiger partial charge is 0.119 e. The summed E-state index contributed by atoms with van der Waals surface area (Å²) in [4.78, 5) is 12.6. The number of carbonyl (C=O) groups is 1. The average Bonchev–Trinajstić information content (AvgIpc) is 2.60. The molecule has 0 saturated carbocycles. The van der Waals surface area contributed by atoms with Gasteiger partial charge in [0.15, 0.2) is 0 Å². The summed E-state index contributed by atoms with van der Waals surface area (Å²) >= 11 is 0. The number of hydrogen-bond donors (Lipinski definition) is 0. The molecule has 1 aliphatic heterocycles. The summed E-state index contributed by atoms with van der Waals surface area (Å²) < 4.78 is 0. The molecule has 2 heteroatoms. The molecule has 0 atom stereocenters. The first-order valence-corrected chi connectivity index (χ1v) is 10.5. The monoisotopic (exact) mass is 325 g/mol. The normalized spacial score (nSPS) is 15.0. The van der Waals surface area contributed by atoms with Gasteiger partial charge in [-0.05, 0) is 45.3 Å². The van der Waals surface area contributed by atoms with Gasteiger partial charge in [0.1, 0.15) is 6.29 Å². The van der Waals surface area contributed by atoms with E-state index < -0.39 is 0 Å². The van der Waals surface area contributed by atoms with Gasteiger partial charge in [0.05, 0.1) is 0 Å². The van der Waals surface area contributed by atoms with Crippen molar-refractivity contribution in [1.82, 2.24) is 4.90 Å². The Morgan fingerprint density at radius 1 is 0.696 bits per heavy atom. The van der Waals surface area contributed by atoms with Gasteiger partial charge in [0.25, 0.3) is 0 Å². The highest BCUT2D eigenvalue weighted by molar-refractivity contribution is 5.48. The number of piperidine rings is 1. The minimum absolute atomic E-state index is 0.760. The largest absolute Gasteiger partial charge is 0.303 e. The van der Waals surface area contributed by atoms with Crippen LogP contribution in [0.2, 0.25) is 0 Å². The van der Waals surface area contributed by atoms with E-state index in [1.165, 1.54) is 103 Å². The summed E-state index contributed by atoms with van der Waals surface area (Å²) in [7, 11) is 0. The van der Waals surface area contributed by atoms with E-state index in [9.17, 15) is 4.79 Å². The summed E-state index contributed by atoms with van der Waals surface area (Å²) in [5.74, 6) is 0. The van der Waals surface area contributed by atoms with Crippen molar-refractivity contribution in [2.75, 3.05) is 19.6 Å². The van der Waals surface area contributed by atoms with Gasteiger partial charge in [0, 0.05) is 6.42 Å². The van der Waals surface area contributed by atoms with E-state index in [4.69, 9.17) is 0 Å². The summed E-state index contributed by atoms with van der Waals surface area (Å²) in [6, 6.07) is 0. The third-order valence-corrected chi connectivity index (χ3v) is 4.70. The molecular formula is C21H43NO. The molecule has 1 rings (SSSR count). The van der Waals surface area contributed by atoms with Crippen LogP contribution in [0.4, 0.5) is 0 Å². The topological polar surface area (TPSA) is 20.3 Å². The molecule has 23 heavy (non-hydrogen) atoms. The van der Waals surface area contributed by atoms with Gasteiger partial charge in [-0.1, -0.05) is 78.1 Å². The highest BCUT2D eigenvalue weighted by Crippen LogP contribution is 2.10. The van der Waals surface area contributed by atoms with Crippen LogP contribution in [0.1, 0.15) is 110 Å². The van der Waals surface area contributed by atoms with Gasteiger partial charge in [-0.25, -0.2) is 0 Å². The predicted molar refractivity (Wildman–Crippen MR) is 103 cm³/mol. The molecule has 0 aliphatic carbocycles. The van der Waals surface area contributed by atoms with Gasteiger partial charge in [-0.2, -0.15) is 0 Å². The standard InChI is InChI=1S/C12H24O.C9H19N/c1-2-3-4-5-6-7-8-9-10-11-12-13;1-2-3-7-10-8-5-4-6-9-10/h12H,2-11H2,1H3;2-9H2,1H3. The molecule has 0 bridgehead atoms. The Morgan fingerprint density at radius 3 is 1.74 bits per heavy atom. The Kier molecular flexibility index (Phi) is 19.4. The van der Waals surface area contributed by atoms with Crippen molar-refractivity contribution in [3.63, 3.8) is 0 Å².